The van der Waals surface area contributed by atoms with E-state index in [1.807, 2.05) is 0 Å². The number of amides is 1. The third-order valence-corrected chi connectivity index (χ3v) is 2.69. The standard InChI is InChI=1S/C10H11NO4S.K/c1-7(2)10(12)11-8-5-3-4-6-9(8)16(13,14)15;/h3-6H,1H2,2H3,(H,11,12)(H,13,14,15);/q;+1/p-1. The molecule has 7 heteroatoms. The second-order valence-corrected chi connectivity index (χ2v) is 4.53. The first-order chi connectivity index (χ1) is 7.32. The zero-order valence-electron chi connectivity index (χ0n) is 9.56. The van der Waals surface area contributed by atoms with E-state index in [1.165, 1.54) is 25.1 Å². The number of rotatable bonds is 3. The first-order valence-corrected chi connectivity index (χ1v) is 5.75. The average molecular weight is 279 g/mol. The quantitative estimate of drug-likeness (QED) is 0.398. The Kier molecular flexibility index (Phi) is 6.78. The van der Waals surface area contributed by atoms with Crippen LogP contribution in [0.1, 0.15) is 6.92 Å². The van der Waals surface area contributed by atoms with E-state index in [0.29, 0.717) is 0 Å². The molecule has 5 nitrogen and oxygen atoms in total. The first kappa shape index (κ1) is 17.0. The van der Waals surface area contributed by atoms with Gasteiger partial charge in [0.2, 0.25) is 0 Å². The zero-order valence-corrected chi connectivity index (χ0v) is 13.5. The number of para-hydroxylation sites is 1. The third kappa shape index (κ3) is 5.00. The molecule has 0 fully saturated rings. The number of benzene rings is 1. The number of anilines is 1. The Bertz CT molecular complexity index is 539. The molecule has 1 rings (SSSR count). The summed E-state index contributed by atoms with van der Waals surface area (Å²) in [6.07, 6.45) is 0. The van der Waals surface area contributed by atoms with Crippen molar-refractivity contribution in [1.82, 2.24) is 0 Å². The van der Waals surface area contributed by atoms with Gasteiger partial charge in [0.25, 0.3) is 5.91 Å². The van der Waals surface area contributed by atoms with Gasteiger partial charge in [0, 0.05) is 5.57 Å². The zero-order chi connectivity index (χ0) is 12.3. The van der Waals surface area contributed by atoms with E-state index in [0.717, 1.165) is 6.07 Å². The Morgan fingerprint density at radius 1 is 1.35 bits per heavy atom. The monoisotopic (exact) mass is 279 g/mol. The van der Waals surface area contributed by atoms with Crippen molar-refractivity contribution in [2.24, 2.45) is 0 Å². The maximum absolute atomic E-state index is 11.3. The Morgan fingerprint density at radius 3 is 2.35 bits per heavy atom. The fraction of sp³-hybridized carbons (Fsp3) is 0.100. The van der Waals surface area contributed by atoms with E-state index in [1.54, 1.807) is 0 Å². The van der Waals surface area contributed by atoms with E-state index < -0.39 is 20.9 Å². The van der Waals surface area contributed by atoms with Crippen molar-refractivity contribution in [2.45, 2.75) is 11.8 Å². The smallest absolute Gasteiger partial charge is 0.744 e. The Morgan fingerprint density at radius 2 is 1.88 bits per heavy atom. The molecule has 0 aliphatic carbocycles. The predicted octanol–water partition coefficient (Wildman–Crippen LogP) is -1.89. The molecule has 0 aromatic heterocycles. The summed E-state index contributed by atoms with van der Waals surface area (Å²) < 4.78 is 32.6. The molecule has 0 aliphatic rings. The summed E-state index contributed by atoms with van der Waals surface area (Å²) in [4.78, 5) is 10.8. The molecule has 1 aromatic carbocycles. The van der Waals surface area contributed by atoms with Crippen LogP contribution in [-0.2, 0) is 14.9 Å². The molecule has 17 heavy (non-hydrogen) atoms. The maximum atomic E-state index is 11.3. The minimum Gasteiger partial charge on any atom is -0.744 e. The molecule has 0 saturated carbocycles. The summed E-state index contributed by atoms with van der Waals surface area (Å²) in [7, 11) is -4.60. The molecule has 1 N–H and O–H groups in total. The topological polar surface area (TPSA) is 86.3 Å². The van der Waals surface area contributed by atoms with E-state index in [4.69, 9.17) is 0 Å². The van der Waals surface area contributed by atoms with Gasteiger partial charge in [0.15, 0.2) is 0 Å². The van der Waals surface area contributed by atoms with Crippen molar-refractivity contribution in [3.05, 3.63) is 36.4 Å². The van der Waals surface area contributed by atoms with E-state index in [-0.39, 0.29) is 62.6 Å². The van der Waals surface area contributed by atoms with Crippen LogP contribution in [0.4, 0.5) is 5.69 Å². The van der Waals surface area contributed by atoms with Gasteiger partial charge in [-0.2, -0.15) is 0 Å². The SMILES string of the molecule is C=C(C)C(=O)Nc1ccccc1S(=O)(=O)[O-].[K+]. The van der Waals surface area contributed by atoms with Crippen LogP contribution < -0.4 is 56.7 Å². The maximum Gasteiger partial charge on any atom is 1.00 e. The second kappa shape index (κ2) is 6.79. The van der Waals surface area contributed by atoms with Crippen LogP contribution in [0, 0.1) is 0 Å². The molecule has 0 aliphatic heterocycles. The van der Waals surface area contributed by atoms with Gasteiger partial charge in [-0.3, -0.25) is 4.79 Å². The van der Waals surface area contributed by atoms with Crippen LogP contribution in [0.3, 0.4) is 0 Å². The van der Waals surface area contributed by atoms with Crippen LogP contribution in [-0.4, -0.2) is 18.9 Å². The molecule has 1 amide bonds. The normalized spacial score (nSPS) is 10.2. The van der Waals surface area contributed by atoms with Crippen molar-refractivity contribution >= 4 is 21.7 Å². The van der Waals surface area contributed by atoms with Crippen LogP contribution in [0.2, 0.25) is 0 Å². The minimum absolute atomic E-state index is 0. The summed E-state index contributed by atoms with van der Waals surface area (Å²) in [5.41, 5.74) is 0.184. The fourth-order valence-electron chi connectivity index (χ4n) is 1.02. The number of carbonyl (C=O) groups excluding carboxylic acids is 1. The van der Waals surface area contributed by atoms with Gasteiger partial charge >= 0.3 is 51.4 Å². The summed E-state index contributed by atoms with van der Waals surface area (Å²) in [5, 5.41) is 2.30. The van der Waals surface area contributed by atoms with Gasteiger partial charge in [-0.05, 0) is 19.1 Å². The Labute approximate surface area is 142 Å². The largest absolute Gasteiger partial charge is 1.00 e. The van der Waals surface area contributed by atoms with Gasteiger partial charge in [-0.25, -0.2) is 8.42 Å². The van der Waals surface area contributed by atoms with Crippen molar-refractivity contribution in [1.29, 1.82) is 0 Å². The number of carbonyl (C=O) groups is 1. The molecule has 86 valence electrons. The molecular weight excluding hydrogens is 269 g/mol. The molecule has 0 spiro atoms. The molecule has 0 bridgehead atoms. The molecule has 0 saturated heterocycles. The van der Waals surface area contributed by atoms with E-state index in [9.17, 15) is 17.8 Å². The fourth-order valence-corrected chi connectivity index (χ4v) is 1.65. The second-order valence-electron chi connectivity index (χ2n) is 3.18. The molecule has 0 unspecified atom stereocenters. The van der Waals surface area contributed by atoms with Gasteiger partial charge in [-0.15, -0.1) is 0 Å². The Balaban J connectivity index is 0.00000256. The summed E-state index contributed by atoms with van der Waals surface area (Å²) in [6, 6.07) is 5.39. The van der Waals surface area contributed by atoms with Crippen LogP contribution in [0.25, 0.3) is 0 Å². The third-order valence-electron chi connectivity index (χ3n) is 1.79. The number of hydrogen-bond donors (Lipinski definition) is 1. The van der Waals surface area contributed by atoms with Crippen molar-refractivity contribution in [3.63, 3.8) is 0 Å². The summed E-state index contributed by atoms with van der Waals surface area (Å²) >= 11 is 0. The van der Waals surface area contributed by atoms with Crippen LogP contribution >= 0.6 is 0 Å². The summed E-state index contributed by atoms with van der Waals surface area (Å²) in [5.74, 6) is -0.531. The summed E-state index contributed by atoms with van der Waals surface area (Å²) in [6.45, 7) is 4.88. The van der Waals surface area contributed by atoms with E-state index in [2.05, 4.69) is 11.9 Å². The molecule has 0 atom stereocenters. The van der Waals surface area contributed by atoms with Crippen molar-refractivity contribution in [3.8, 4) is 0 Å². The van der Waals surface area contributed by atoms with Gasteiger partial charge in [-0.1, -0.05) is 18.7 Å². The van der Waals surface area contributed by atoms with Gasteiger partial charge in [0.05, 0.1) is 10.6 Å². The number of hydrogen-bond acceptors (Lipinski definition) is 4. The molecule has 0 radical (unpaired) electrons. The van der Waals surface area contributed by atoms with Crippen molar-refractivity contribution in [2.75, 3.05) is 5.32 Å². The number of nitrogens with one attached hydrogen (secondary N) is 1. The van der Waals surface area contributed by atoms with Gasteiger partial charge in [0.1, 0.15) is 10.1 Å². The minimum atomic E-state index is -4.60. The van der Waals surface area contributed by atoms with Gasteiger partial charge < -0.3 is 9.87 Å². The van der Waals surface area contributed by atoms with E-state index >= 15 is 0 Å². The van der Waals surface area contributed by atoms with Crippen LogP contribution in [0.15, 0.2) is 41.3 Å². The Hall–Kier alpha value is -0.0236. The molecular formula is C10H10KNO4S. The molecule has 1 aromatic rings. The first-order valence-electron chi connectivity index (χ1n) is 4.34. The average Bonchev–Trinajstić information content (AvgIpc) is 2.16. The molecule has 0 heterocycles. The predicted molar refractivity (Wildman–Crippen MR) is 57.8 cm³/mol. The van der Waals surface area contributed by atoms with Crippen molar-refractivity contribution < 1.29 is 69.1 Å². The van der Waals surface area contributed by atoms with Crippen LogP contribution in [0.5, 0.6) is 0 Å².